The van der Waals surface area contributed by atoms with Crippen LogP contribution in [-0.4, -0.2) is 29.1 Å². The van der Waals surface area contributed by atoms with Crippen LogP contribution in [-0.2, 0) is 6.42 Å². The maximum atomic E-state index is 4.78. The summed E-state index contributed by atoms with van der Waals surface area (Å²) in [7, 11) is 0. The highest BCUT2D eigenvalue weighted by atomic mass is 15.2. The first-order chi connectivity index (χ1) is 9.74. The number of hydrogen-bond acceptors (Lipinski definition) is 4. The van der Waals surface area contributed by atoms with Gasteiger partial charge in [-0.15, -0.1) is 0 Å². The molecule has 4 heteroatoms. The fourth-order valence-corrected chi connectivity index (χ4v) is 2.75. The molecule has 20 heavy (non-hydrogen) atoms. The monoisotopic (exact) mass is 276 g/mol. The van der Waals surface area contributed by atoms with Crippen molar-refractivity contribution in [3.05, 3.63) is 11.9 Å². The quantitative estimate of drug-likeness (QED) is 0.861. The molecule has 0 radical (unpaired) electrons. The zero-order valence-corrected chi connectivity index (χ0v) is 13.2. The lowest BCUT2D eigenvalue weighted by molar-refractivity contribution is 0.480. The highest BCUT2D eigenvalue weighted by molar-refractivity contribution is 5.50. The average Bonchev–Trinajstić information content (AvgIpc) is 2.46. The number of rotatable bonds is 6. The Hall–Kier alpha value is -1.32. The molecule has 0 spiro atoms. The van der Waals surface area contributed by atoms with Gasteiger partial charge < -0.3 is 10.2 Å². The van der Waals surface area contributed by atoms with E-state index in [9.17, 15) is 0 Å². The Morgan fingerprint density at radius 1 is 1.25 bits per heavy atom. The van der Waals surface area contributed by atoms with Gasteiger partial charge in [-0.3, -0.25) is 0 Å². The van der Waals surface area contributed by atoms with E-state index in [0.29, 0.717) is 6.04 Å². The Labute approximate surface area is 123 Å². The van der Waals surface area contributed by atoms with Crippen molar-refractivity contribution in [2.75, 3.05) is 23.3 Å². The highest BCUT2D eigenvalue weighted by Gasteiger charge is 2.20. The maximum Gasteiger partial charge on any atom is 0.134 e. The van der Waals surface area contributed by atoms with Crippen LogP contribution in [0, 0.1) is 0 Å². The molecule has 1 aromatic rings. The molecule has 1 aliphatic rings. The van der Waals surface area contributed by atoms with Gasteiger partial charge in [-0.2, -0.15) is 0 Å². The van der Waals surface area contributed by atoms with E-state index >= 15 is 0 Å². The summed E-state index contributed by atoms with van der Waals surface area (Å²) in [6, 6.07) is 2.71. The first-order valence-corrected chi connectivity index (χ1v) is 8.13. The fraction of sp³-hybridized carbons (Fsp3) is 0.750. The lowest BCUT2D eigenvalue weighted by atomic mass is 10.0. The lowest BCUT2D eigenvalue weighted by Crippen LogP contribution is -2.38. The summed E-state index contributed by atoms with van der Waals surface area (Å²) in [5.74, 6) is 3.06. The van der Waals surface area contributed by atoms with Gasteiger partial charge in [0.25, 0.3) is 0 Å². The van der Waals surface area contributed by atoms with Crippen LogP contribution in [0.15, 0.2) is 6.07 Å². The molecular formula is C16H28N4. The SMILES string of the molecule is CCCNc1cc(N2CCCCC2C)nc(CCC)n1. The molecule has 0 aromatic carbocycles. The van der Waals surface area contributed by atoms with E-state index in [-0.39, 0.29) is 0 Å². The van der Waals surface area contributed by atoms with E-state index in [0.717, 1.165) is 49.8 Å². The third-order valence-electron chi connectivity index (χ3n) is 3.89. The van der Waals surface area contributed by atoms with Crippen molar-refractivity contribution in [3.8, 4) is 0 Å². The second kappa shape index (κ2) is 7.46. The third kappa shape index (κ3) is 3.84. The average molecular weight is 276 g/mol. The van der Waals surface area contributed by atoms with Crippen molar-refractivity contribution in [1.82, 2.24) is 9.97 Å². The van der Waals surface area contributed by atoms with Gasteiger partial charge in [0, 0.05) is 31.6 Å². The summed E-state index contributed by atoms with van der Waals surface area (Å²) in [6.07, 6.45) is 7.04. The van der Waals surface area contributed by atoms with E-state index in [1.54, 1.807) is 0 Å². The zero-order valence-electron chi connectivity index (χ0n) is 13.2. The van der Waals surface area contributed by atoms with Crippen LogP contribution in [0.4, 0.5) is 11.6 Å². The fourth-order valence-electron chi connectivity index (χ4n) is 2.75. The summed E-state index contributed by atoms with van der Waals surface area (Å²) < 4.78 is 0. The first-order valence-electron chi connectivity index (χ1n) is 8.13. The minimum Gasteiger partial charge on any atom is -0.370 e. The van der Waals surface area contributed by atoms with E-state index in [2.05, 4.69) is 42.0 Å². The smallest absolute Gasteiger partial charge is 0.134 e. The number of aromatic nitrogens is 2. The van der Waals surface area contributed by atoms with Crippen LogP contribution in [0.25, 0.3) is 0 Å². The van der Waals surface area contributed by atoms with Gasteiger partial charge in [0.2, 0.25) is 0 Å². The van der Waals surface area contributed by atoms with E-state index < -0.39 is 0 Å². The standard InChI is InChI=1S/C16H28N4/c1-4-8-14-18-15(17-10-5-2)12-16(19-14)20-11-7-6-9-13(20)3/h12-13H,4-11H2,1-3H3,(H,17,18,19). The molecular weight excluding hydrogens is 248 g/mol. The topological polar surface area (TPSA) is 41.0 Å². The van der Waals surface area contributed by atoms with Crippen molar-refractivity contribution in [3.63, 3.8) is 0 Å². The van der Waals surface area contributed by atoms with Gasteiger partial charge in [0.05, 0.1) is 0 Å². The second-order valence-electron chi connectivity index (χ2n) is 5.74. The largest absolute Gasteiger partial charge is 0.370 e. The molecule has 0 bridgehead atoms. The molecule has 2 heterocycles. The molecule has 1 atom stereocenters. The number of anilines is 2. The molecule has 1 fully saturated rings. The molecule has 0 saturated carbocycles. The van der Waals surface area contributed by atoms with Crippen LogP contribution in [0.5, 0.6) is 0 Å². The molecule has 112 valence electrons. The number of nitrogens with zero attached hydrogens (tertiary/aromatic N) is 3. The van der Waals surface area contributed by atoms with Crippen LogP contribution in [0.3, 0.4) is 0 Å². The van der Waals surface area contributed by atoms with E-state index in [1.807, 2.05) is 0 Å². The predicted octanol–water partition coefficient (Wildman–Crippen LogP) is 3.63. The summed E-state index contributed by atoms with van der Waals surface area (Å²) in [6.45, 7) is 8.75. The van der Waals surface area contributed by atoms with Crippen LogP contribution >= 0.6 is 0 Å². The van der Waals surface area contributed by atoms with Gasteiger partial charge in [0.15, 0.2) is 0 Å². The minimum absolute atomic E-state index is 0.590. The summed E-state index contributed by atoms with van der Waals surface area (Å²) in [5, 5.41) is 3.41. The van der Waals surface area contributed by atoms with Gasteiger partial charge >= 0.3 is 0 Å². The molecule has 1 unspecified atom stereocenters. The van der Waals surface area contributed by atoms with Crippen molar-refractivity contribution in [2.24, 2.45) is 0 Å². The van der Waals surface area contributed by atoms with Crippen molar-refractivity contribution >= 4 is 11.6 Å². The van der Waals surface area contributed by atoms with Crippen molar-refractivity contribution < 1.29 is 0 Å². The number of piperidine rings is 1. The highest BCUT2D eigenvalue weighted by Crippen LogP contribution is 2.25. The summed E-state index contributed by atoms with van der Waals surface area (Å²) >= 11 is 0. The lowest BCUT2D eigenvalue weighted by Gasteiger charge is -2.34. The van der Waals surface area contributed by atoms with Crippen molar-refractivity contribution in [2.45, 2.75) is 65.3 Å². The molecule has 2 rings (SSSR count). The van der Waals surface area contributed by atoms with Gasteiger partial charge in [0.1, 0.15) is 17.5 Å². The van der Waals surface area contributed by atoms with Gasteiger partial charge in [-0.25, -0.2) is 9.97 Å². The third-order valence-corrected chi connectivity index (χ3v) is 3.89. The Bertz CT molecular complexity index is 419. The molecule has 0 aliphatic carbocycles. The van der Waals surface area contributed by atoms with Crippen LogP contribution in [0.1, 0.15) is 58.7 Å². The summed E-state index contributed by atoms with van der Waals surface area (Å²) in [4.78, 5) is 11.9. The minimum atomic E-state index is 0.590. The van der Waals surface area contributed by atoms with Crippen LogP contribution < -0.4 is 10.2 Å². The normalized spacial score (nSPS) is 19.1. The molecule has 0 amide bonds. The molecule has 1 saturated heterocycles. The van der Waals surface area contributed by atoms with Gasteiger partial charge in [-0.05, 0) is 39.0 Å². The Kier molecular flexibility index (Phi) is 5.62. The Morgan fingerprint density at radius 2 is 2.10 bits per heavy atom. The predicted molar refractivity (Wildman–Crippen MR) is 85.5 cm³/mol. The molecule has 1 N–H and O–H groups in total. The second-order valence-corrected chi connectivity index (χ2v) is 5.74. The number of nitrogens with one attached hydrogen (secondary N) is 1. The van der Waals surface area contributed by atoms with E-state index in [1.165, 1.54) is 19.3 Å². The first kappa shape index (κ1) is 15.1. The zero-order chi connectivity index (χ0) is 14.4. The molecule has 1 aromatic heterocycles. The van der Waals surface area contributed by atoms with Crippen molar-refractivity contribution in [1.29, 1.82) is 0 Å². The number of hydrogen-bond donors (Lipinski definition) is 1. The number of aryl methyl sites for hydroxylation is 1. The molecule has 1 aliphatic heterocycles. The Morgan fingerprint density at radius 3 is 2.80 bits per heavy atom. The van der Waals surface area contributed by atoms with Crippen LogP contribution in [0.2, 0.25) is 0 Å². The maximum absolute atomic E-state index is 4.78. The van der Waals surface area contributed by atoms with Gasteiger partial charge in [-0.1, -0.05) is 13.8 Å². The van der Waals surface area contributed by atoms with E-state index in [4.69, 9.17) is 4.98 Å². The summed E-state index contributed by atoms with van der Waals surface area (Å²) in [5.41, 5.74) is 0. The Balaban J connectivity index is 2.22. The molecule has 4 nitrogen and oxygen atoms in total.